The number of amides is 1. The minimum atomic E-state index is -0.351. The molecule has 0 fully saturated rings. The van der Waals surface area contributed by atoms with E-state index in [9.17, 15) is 9.59 Å². The van der Waals surface area contributed by atoms with Gasteiger partial charge in [-0.1, -0.05) is 26.2 Å². The standard InChI is InChI=1S/C24H29NO5/c1-4-5-6-7-16-30-24(27)19-8-12-20(13-9-19)25-23(26)15-11-18-10-14-21(28-2)17-22(18)29-3/h8-15,17H,4-7,16H2,1-3H3,(H,25,26)/b15-11+. The van der Waals surface area contributed by atoms with E-state index in [0.29, 0.717) is 29.4 Å². The van der Waals surface area contributed by atoms with Gasteiger partial charge in [-0.05, 0) is 48.9 Å². The van der Waals surface area contributed by atoms with Crippen LogP contribution in [0, 0.1) is 0 Å². The van der Waals surface area contributed by atoms with Crippen molar-refractivity contribution in [1.29, 1.82) is 0 Å². The average Bonchev–Trinajstić information content (AvgIpc) is 2.77. The zero-order valence-corrected chi connectivity index (χ0v) is 17.8. The molecule has 30 heavy (non-hydrogen) atoms. The van der Waals surface area contributed by atoms with Gasteiger partial charge < -0.3 is 19.5 Å². The topological polar surface area (TPSA) is 73.9 Å². The molecule has 0 atom stereocenters. The van der Waals surface area contributed by atoms with Crippen LogP contribution in [-0.4, -0.2) is 32.7 Å². The summed E-state index contributed by atoms with van der Waals surface area (Å²) >= 11 is 0. The van der Waals surface area contributed by atoms with Crippen LogP contribution in [-0.2, 0) is 9.53 Å². The molecule has 0 spiro atoms. The van der Waals surface area contributed by atoms with Crippen LogP contribution in [0.25, 0.3) is 6.08 Å². The number of carbonyl (C=O) groups is 2. The van der Waals surface area contributed by atoms with Gasteiger partial charge in [-0.3, -0.25) is 4.79 Å². The highest BCUT2D eigenvalue weighted by molar-refractivity contribution is 6.02. The van der Waals surface area contributed by atoms with Gasteiger partial charge in [0, 0.05) is 23.4 Å². The van der Waals surface area contributed by atoms with E-state index in [1.54, 1.807) is 56.7 Å². The third-order valence-electron chi connectivity index (χ3n) is 4.47. The van der Waals surface area contributed by atoms with Crippen molar-refractivity contribution < 1.29 is 23.8 Å². The number of unbranched alkanes of at least 4 members (excludes halogenated alkanes) is 3. The van der Waals surface area contributed by atoms with Crippen molar-refractivity contribution in [3.63, 3.8) is 0 Å². The number of methoxy groups -OCH3 is 2. The smallest absolute Gasteiger partial charge is 0.338 e. The van der Waals surface area contributed by atoms with E-state index in [0.717, 1.165) is 31.2 Å². The number of nitrogens with one attached hydrogen (secondary N) is 1. The van der Waals surface area contributed by atoms with E-state index in [1.807, 2.05) is 6.07 Å². The van der Waals surface area contributed by atoms with Gasteiger partial charge in [-0.2, -0.15) is 0 Å². The lowest BCUT2D eigenvalue weighted by molar-refractivity contribution is -0.111. The quantitative estimate of drug-likeness (QED) is 0.317. The molecule has 2 aromatic rings. The number of anilines is 1. The Morgan fingerprint density at radius 2 is 1.73 bits per heavy atom. The molecule has 1 N–H and O–H groups in total. The molecule has 0 unspecified atom stereocenters. The Morgan fingerprint density at radius 1 is 0.967 bits per heavy atom. The largest absolute Gasteiger partial charge is 0.497 e. The molecule has 6 heteroatoms. The number of benzene rings is 2. The van der Waals surface area contributed by atoms with Crippen LogP contribution < -0.4 is 14.8 Å². The molecule has 0 aliphatic rings. The van der Waals surface area contributed by atoms with E-state index in [2.05, 4.69) is 12.2 Å². The predicted octanol–water partition coefficient (Wildman–Crippen LogP) is 5.09. The molecule has 0 aromatic heterocycles. The molecule has 160 valence electrons. The molecule has 2 rings (SSSR count). The molecule has 0 saturated heterocycles. The average molecular weight is 411 g/mol. The van der Waals surface area contributed by atoms with Gasteiger partial charge in [0.2, 0.25) is 5.91 Å². The third-order valence-corrected chi connectivity index (χ3v) is 4.47. The molecule has 2 aromatic carbocycles. The molecule has 0 aliphatic heterocycles. The highest BCUT2D eigenvalue weighted by Crippen LogP contribution is 2.25. The van der Waals surface area contributed by atoms with Crippen molar-refractivity contribution in [2.45, 2.75) is 32.6 Å². The molecule has 0 saturated carbocycles. The van der Waals surface area contributed by atoms with Gasteiger partial charge >= 0.3 is 5.97 Å². The second-order valence-electron chi connectivity index (χ2n) is 6.70. The minimum Gasteiger partial charge on any atom is -0.497 e. The summed E-state index contributed by atoms with van der Waals surface area (Å²) in [4.78, 5) is 24.2. The van der Waals surface area contributed by atoms with Crippen LogP contribution in [0.1, 0.15) is 48.5 Å². The van der Waals surface area contributed by atoms with Gasteiger partial charge in [-0.15, -0.1) is 0 Å². The summed E-state index contributed by atoms with van der Waals surface area (Å²) in [6, 6.07) is 12.0. The Kier molecular flexibility index (Phi) is 9.45. The molecular formula is C24H29NO5. The van der Waals surface area contributed by atoms with E-state index in [1.165, 1.54) is 6.08 Å². The fraction of sp³-hybridized carbons (Fsp3) is 0.333. The molecule has 0 heterocycles. The summed E-state index contributed by atoms with van der Waals surface area (Å²) in [5.74, 6) is 0.638. The maximum atomic E-state index is 12.2. The van der Waals surface area contributed by atoms with Crippen molar-refractivity contribution >= 4 is 23.6 Å². The van der Waals surface area contributed by atoms with Crippen LogP contribution in [0.5, 0.6) is 11.5 Å². The van der Waals surface area contributed by atoms with Crippen molar-refractivity contribution in [2.75, 3.05) is 26.1 Å². The normalized spacial score (nSPS) is 10.6. The Morgan fingerprint density at radius 3 is 2.40 bits per heavy atom. The van der Waals surface area contributed by atoms with Gasteiger partial charge in [0.15, 0.2) is 0 Å². The SMILES string of the molecule is CCCCCCOC(=O)c1ccc(NC(=O)/C=C/c2ccc(OC)cc2OC)cc1. The fourth-order valence-electron chi connectivity index (χ4n) is 2.77. The van der Waals surface area contributed by atoms with Gasteiger partial charge in [-0.25, -0.2) is 4.79 Å². The summed E-state index contributed by atoms with van der Waals surface area (Å²) < 4.78 is 15.7. The summed E-state index contributed by atoms with van der Waals surface area (Å²) in [6.45, 7) is 2.56. The first-order chi connectivity index (χ1) is 14.6. The second kappa shape index (κ2) is 12.3. The summed E-state index contributed by atoms with van der Waals surface area (Å²) in [6.07, 6.45) is 7.31. The van der Waals surface area contributed by atoms with E-state index in [-0.39, 0.29) is 11.9 Å². The molecule has 0 radical (unpaired) electrons. The lowest BCUT2D eigenvalue weighted by Crippen LogP contribution is -2.09. The second-order valence-corrected chi connectivity index (χ2v) is 6.70. The Bertz CT molecular complexity index is 858. The first-order valence-electron chi connectivity index (χ1n) is 10.1. The number of hydrogen-bond donors (Lipinski definition) is 1. The maximum absolute atomic E-state index is 12.2. The van der Waals surface area contributed by atoms with E-state index in [4.69, 9.17) is 14.2 Å². The Labute approximate surface area is 177 Å². The zero-order chi connectivity index (χ0) is 21.8. The van der Waals surface area contributed by atoms with Crippen LogP contribution in [0.4, 0.5) is 5.69 Å². The van der Waals surface area contributed by atoms with Crippen LogP contribution in [0.3, 0.4) is 0 Å². The van der Waals surface area contributed by atoms with Crippen LogP contribution in [0.15, 0.2) is 48.5 Å². The molecule has 0 bridgehead atoms. The lowest BCUT2D eigenvalue weighted by atomic mass is 10.1. The fourth-order valence-corrected chi connectivity index (χ4v) is 2.77. The first-order valence-corrected chi connectivity index (χ1v) is 10.1. The minimum absolute atomic E-state index is 0.292. The number of ether oxygens (including phenoxy) is 3. The van der Waals surface area contributed by atoms with Gasteiger partial charge in [0.25, 0.3) is 0 Å². The maximum Gasteiger partial charge on any atom is 0.338 e. The van der Waals surface area contributed by atoms with Crippen molar-refractivity contribution in [3.8, 4) is 11.5 Å². The van der Waals surface area contributed by atoms with Crippen molar-refractivity contribution in [1.82, 2.24) is 0 Å². The van der Waals surface area contributed by atoms with Crippen LogP contribution in [0.2, 0.25) is 0 Å². The first kappa shape index (κ1) is 23.0. The Hall–Kier alpha value is -3.28. The lowest BCUT2D eigenvalue weighted by Gasteiger charge is -2.08. The van der Waals surface area contributed by atoms with Gasteiger partial charge in [0.05, 0.1) is 26.4 Å². The summed E-state index contributed by atoms with van der Waals surface area (Å²) in [5, 5.41) is 2.76. The van der Waals surface area contributed by atoms with Gasteiger partial charge in [0.1, 0.15) is 11.5 Å². The van der Waals surface area contributed by atoms with Crippen LogP contribution >= 0.6 is 0 Å². The third kappa shape index (κ3) is 7.28. The molecule has 6 nitrogen and oxygen atoms in total. The molecule has 1 amide bonds. The number of carbonyl (C=O) groups excluding carboxylic acids is 2. The van der Waals surface area contributed by atoms with E-state index >= 15 is 0 Å². The van der Waals surface area contributed by atoms with E-state index < -0.39 is 0 Å². The highest BCUT2D eigenvalue weighted by Gasteiger charge is 2.08. The number of hydrogen-bond acceptors (Lipinski definition) is 5. The zero-order valence-electron chi connectivity index (χ0n) is 17.8. The van der Waals surface area contributed by atoms with Crippen molar-refractivity contribution in [3.05, 3.63) is 59.7 Å². The predicted molar refractivity (Wildman–Crippen MR) is 118 cm³/mol. The monoisotopic (exact) mass is 411 g/mol. The Balaban J connectivity index is 1.88. The number of rotatable bonds is 11. The molecular weight excluding hydrogens is 382 g/mol. The van der Waals surface area contributed by atoms with Crippen molar-refractivity contribution in [2.24, 2.45) is 0 Å². The highest BCUT2D eigenvalue weighted by atomic mass is 16.5. The summed E-state index contributed by atoms with van der Waals surface area (Å²) in [5.41, 5.74) is 1.80. The molecule has 0 aliphatic carbocycles. The summed E-state index contributed by atoms with van der Waals surface area (Å²) in [7, 11) is 3.14. The number of esters is 1.